The van der Waals surface area contributed by atoms with Gasteiger partial charge in [0.15, 0.2) is 0 Å². The first kappa shape index (κ1) is 20.3. The molecule has 4 rings (SSSR count). The summed E-state index contributed by atoms with van der Waals surface area (Å²) in [6.45, 7) is 5.66. The van der Waals surface area contributed by atoms with E-state index in [-0.39, 0.29) is 17.7 Å². The molecule has 0 aliphatic heterocycles. The fourth-order valence-corrected chi connectivity index (χ4v) is 3.29. The van der Waals surface area contributed by atoms with E-state index < -0.39 is 0 Å². The Bertz CT molecular complexity index is 1240. The van der Waals surface area contributed by atoms with Gasteiger partial charge in [0.05, 0.1) is 0 Å². The number of aromatic nitrogens is 2. The number of nitrogens with zero attached hydrogens (tertiary/aromatic N) is 2. The molecule has 2 aromatic carbocycles. The molecule has 0 fully saturated rings. The highest BCUT2D eigenvalue weighted by atomic mass is 16.2. The molecule has 0 saturated heterocycles. The molecule has 0 radical (unpaired) electrons. The molecule has 31 heavy (non-hydrogen) atoms. The molecule has 0 unspecified atom stereocenters. The molecular formula is C25H24N4O2. The Hall–Kier alpha value is -3.93. The molecule has 0 saturated carbocycles. The minimum atomic E-state index is -0.248. The molecule has 0 bridgehead atoms. The van der Waals surface area contributed by atoms with Gasteiger partial charge >= 0.3 is 0 Å². The van der Waals surface area contributed by atoms with E-state index in [2.05, 4.69) is 10.6 Å². The first-order valence-corrected chi connectivity index (χ1v) is 10.2. The van der Waals surface area contributed by atoms with Gasteiger partial charge in [0, 0.05) is 28.9 Å². The minimum Gasteiger partial charge on any atom is -0.326 e. The Morgan fingerprint density at radius 1 is 0.903 bits per heavy atom. The van der Waals surface area contributed by atoms with Crippen molar-refractivity contribution in [3.63, 3.8) is 0 Å². The summed E-state index contributed by atoms with van der Waals surface area (Å²) in [5.74, 6) is 0.193. The van der Waals surface area contributed by atoms with Crippen LogP contribution >= 0.6 is 0 Å². The number of hydrogen-bond donors (Lipinski definition) is 2. The van der Waals surface area contributed by atoms with Crippen molar-refractivity contribution in [2.75, 3.05) is 10.6 Å². The normalized spacial score (nSPS) is 11.0. The van der Waals surface area contributed by atoms with Crippen LogP contribution in [-0.2, 0) is 4.79 Å². The van der Waals surface area contributed by atoms with E-state index in [1.807, 2.05) is 73.8 Å². The summed E-state index contributed by atoms with van der Waals surface area (Å²) in [5.41, 5.74) is 4.60. The molecule has 2 amide bonds. The number of nitrogens with one attached hydrogen (secondary N) is 2. The van der Waals surface area contributed by atoms with Crippen molar-refractivity contribution in [1.82, 2.24) is 9.38 Å². The summed E-state index contributed by atoms with van der Waals surface area (Å²) in [7, 11) is 0. The third-order valence-electron chi connectivity index (χ3n) is 5.06. The van der Waals surface area contributed by atoms with Crippen LogP contribution in [0.5, 0.6) is 0 Å². The number of anilines is 2. The van der Waals surface area contributed by atoms with Gasteiger partial charge in [0.25, 0.3) is 5.91 Å². The number of carbonyl (C=O) groups is 2. The molecular weight excluding hydrogens is 388 g/mol. The Kier molecular flexibility index (Phi) is 5.54. The van der Waals surface area contributed by atoms with Crippen molar-refractivity contribution in [1.29, 1.82) is 0 Å². The maximum absolute atomic E-state index is 13.0. The van der Waals surface area contributed by atoms with Gasteiger partial charge in [-0.1, -0.05) is 50.2 Å². The highest BCUT2D eigenvalue weighted by molar-refractivity contribution is 6.06. The summed E-state index contributed by atoms with van der Waals surface area (Å²) < 4.78 is 1.90. The molecule has 0 aliphatic carbocycles. The predicted molar refractivity (Wildman–Crippen MR) is 123 cm³/mol. The molecule has 156 valence electrons. The highest BCUT2D eigenvalue weighted by Crippen LogP contribution is 2.30. The summed E-state index contributed by atoms with van der Waals surface area (Å²) in [6, 6.07) is 20.6. The lowest BCUT2D eigenvalue weighted by atomic mass is 10.1. The van der Waals surface area contributed by atoms with E-state index in [1.165, 1.54) is 0 Å². The third kappa shape index (κ3) is 4.19. The minimum absolute atomic E-state index is 0.0641. The van der Waals surface area contributed by atoms with Gasteiger partial charge in [-0.05, 0) is 42.8 Å². The third-order valence-corrected chi connectivity index (χ3v) is 5.06. The molecule has 4 aromatic rings. The number of aryl methyl sites for hydroxylation is 1. The van der Waals surface area contributed by atoms with E-state index in [1.54, 1.807) is 24.3 Å². The fourth-order valence-electron chi connectivity index (χ4n) is 3.29. The van der Waals surface area contributed by atoms with Gasteiger partial charge < -0.3 is 10.6 Å². The largest absolute Gasteiger partial charge is 0.326 e. The summed E-state index contributed by atoms with van der Waals surface area (Å²) in [4.78, 5) is 29.7. The Labute approximate surface area is 180 Å². The first-order valence-electron chi connectivity index (χ1n) is 10.2. The average Bonchev–Trinajstić information content (AvgIpc) is 3.14. The van der Waals surface area contributed by atoms with E-state index in [0.29, 0.717) is 22.8 Å². The Morgan fingerprint density at radius 3 is 2.29 bits per heavy atom. The quantitative estimate of drug-likeness (QED) is 0.476. The maximum atomic E-state index is 13.0. The topological polar surface area (TPSA) is 75.5 Å². The fraction of sp³-hybridized carbons (Fsp3) is 0.160. The number of hydrogen-bond acceptors (Lipinski definition) is 3. The van der Waals surface area contributed by atoms with E-state index in [0.717, 1.165) is 16.8 Å². The van der Waals surface area contributed by atoms with Crippen molar-refractivity contribution >= 4 is 29.0 Å². The van der Waals surface area contributed by atoms with E-state index in [9.17, 15) is 9.59 Å². The second kappa shape index (κ2) is 8.44. The standard InChI is InChI=1S/C25H24N4O2/c1-16(2)24(30)26-20-13-11-19(12-14-20)25(31)28-23-21(18-9-5-4-6-10-18)27-22-17(3)8-7-15-29(22)23/h4-16H,1-3H3,(H,26,30)(H,28,31). The van der Waals surface area contributed by atoms with Crippen LogP contribution in [-0.4, -0.2) is 21.2 Å². The Balaban J connectivity index is 1.66. The molecule has 0 spiro atoms. The molecule has 0 atom stereocenters. The number of benzene rings is 2. The first-order chi connectivity index (χ1) is 14.9. The zero-order valence-corrected chi connectivity index (χ0v) is 17.7. The number of carbonyl (C=O) groups excluding carboxylic acids is 2. The summed E-state index contributed by atoms with van der Waals surface area (Å²) >= 11 is 0. The van der Waals surface area contributed by atoms with Crippen LogP contribution in [0.1, 0.15) is 29.8 Å². The van der Waals surface area contributed by atoms with Gasteiger partial charge in [-0.25, -0.2) is 4.98 Å². The van der Waals surface area contributed by atoms with Crippen molar-refractivity contribution in [2.45, 2.75) is 20.8 Å². The Morgan fingerprint density at radius 2 is 1.61 bits per heavy atom. The monoisotopic (exact) mass is 412 g/mol. The lowest BCUT2D eigenvalue weighted by Gasteiger charge is -2.10. The number of fused-ring (bicyclic) bond motifs is 1. The molecule has 2 N–H and O–H groups in total. The van der Waals surface area contributed by atoms with Crippen molar-refractivity contribution < 1.29 is 9.59 Å². The smallest absolute Gasteiger partial charge is 0.256 e. The second-order valence-electron chi connectivity index (χ2n) is 7.74. The summed E-state index contributed by atoms with van der Waals surface area (Å²) in [6.07, 6.45) is 1.89. The number of amides is 2. The van der Waals surface area contributed by atoms with Crippen LogP contribution < -0.4 is 10.6 Å². The lowest BCUT2D eigenvalue weighted by molar-refractivity contribution is -0.118. The molecule has 2 heterocycles. The van der Waals surface area contributed by atoms with Crippen molar-refractivity contribution in [2.24, 2.45) is 5.92 Å². The van der Waals surface area contributed by atoms with Crippen LogP contribution in [0.2, 0.25) is 0 Å². The van der Waals surface area contributed by atoms with Crippen LogP contribution in [0, 0.1) is 12.8 Å². The van der Waals surface area contributed by atoms with Gasteiger partial charge in [-0.2, -0.15) is 0 Å². The van der Waals surface area contributed by atoms with Crippen molar-refractivity contribution in [3.8, 4) is 11.3 Å². The maximum Gasteiger partial charge on any atom is 0.256 e. The molecule has 6 heteroatoms. The SMILES string of the molecule is Cc1cccn2c(NC(=O)c3ccc(NC(=O)C(C)C)cc3)c(-c3ccccc3)nc12. The molecule has 6 nitrogen and oxygen atoms in total. The number of rotatable bonds is 5. The predicted octanol–water partition coefficient (Wildman–Crippen LogP) is 5.16. The average molecular weight is 412 g/mol. The zero-order chi connectivity index (χ0) is 22.0. The van der Waals surface area contributed by atoms with E-state index >= 15 is 0 Å². The zero-order valence-electron chi connectivity index (χ0n) is 17.7. The van der Waals surface area contributed by atoms with Gasteiger partial charge in [0.2, 0.25) is 5.91 Å². The van der Waals surface area contributed by atoms with Gasteiger partial charge in [0.1, 0.15) is 17.2 Å². The van der Waals surface area contributed by atoms with Gasteiger partial charge in [-0.15, -0.1) is 0 Å². The van der Waals surface area contributed by atoms with Crippen LogP contribution in [0.3, 0.4) is 0 Å². The van der Waals surface area contributed by atoms with Crippen molar-refractivity contribution in [3.05, 3.63) is 84.1 Å². The molecule has 2 aromatic heterocycles. The van der Waals surface area contributed by atoms with Crippen LogP contribution in [0.25, 0.3) is 16.9 Å². The lowest BCUT2D eigenvalue weighted by Crippen LogP contribution is -2.18. The number of pyridine rings is 1. The van der Waals surface area contributed by atoms with Crippen LogP contribution in [0.4, 0.5) is 11.5 Å². The van der Waals surface area contributed by atoms with Crippen LogP contribution in [0.15, 0.2) is 72.9 Å². The number of imidazole rings is 1. The highest BCUT2D eigenvalue weighted by Gasteiger charge is 2.18. The van der Waals surface area contributed by atoms with Gasteiger partial charge in [-0.3, -0.25) is 14.0 Å². The summed E-state index contributed by atoms with van der Waals surface area (Å²) in [5, 5.41) is 5.86. The molecule has 0 aliphatic rings. The second-order valence-corrected chi connectivity index (χ2v) is 7.74. The van der Waals surface area contributed by atoms with E-state index in [4.69, 9.17) is 4.98 Å².